The van der Waals surface area contributed by atoms with Crippen LogP contribution in [0.25, 0.3) is 16.8 Å². The Bertz CT molecular complexity index is 1550. The van der Waals surface area contributed by atoms with Gasteiger partial charge in [0.2, 0.25) is 5.91 Å². The summed E-state index contributed by atoms with van der Waals surface area (Å²) in [6, 6.07) is 11.0. The van der Waals surface area contributed by atoms with E-state index in [4.69, 9.17) is 10.5 Å². The van der Waals surface area contributed by atoms with Crippen molar-refractivity contribution in [2.45, 2.75) is 24.4 Å². The molecule has 1 unspecified atom stereocenters. The molecule has 4 heterocycles. The maximum atomic E-state index is 14.3. The maximum absolute atomic E-state index is 14.3. The number of nitrogens with zero attached hydrogens (tertiary/aromatic N) is 3. The van der Waals surface area contributed by atoms with Gasteiger partial charge in [-0.1, -0.05) is 0 Å². The number of pyridine rings is 1. The highest BCUT2D eigenvalue weighted by atomic mass is 19.4. The monoisotopic (exact) mass is 527 g/mol. The Morgan fingerprint density at radius 3 is 2.63 bits per heavy atom. The summed E-state index contributed by atoms with van der Waals surface area (Å²) in [6.45, 7) is 0.436. The van der Waals surface area contributed by atoms with E-state index < -0.39 is 47.4 Å². The van der Waals surface area contributed by atoms with Crippen molar-refractivity contribution >= 4 is 17.3 Å². The van der Waals surface area contributed by atoms with E-state index in [1.165, 1.54) is 35.8 Å². The second-order valence-corrected chi connectivity index (χ2v) is 9.19. The average Bonchev–Trinajstić information content (AvgIpc) is 3.48. The number of alkyl halides is 3. The van der Waals surface area contributed by atoms with Crippen LogP contribution in [0.2, 0.25) is 0 Å². The predicted octanol–water partition coefficient (Wildman–Crippen LogP) is 3.75. The number of halogens is 4. The molecule has 5 rings (SSSR count). The molecule has 0 saturated carbocycles. The van der Waals surface area contributed by atoms with Crippen LogP contribution in [-0.4, -0.2) is 45.7 Å². The van der Waals surface area contributed by atoms with E-state index in [1.807, 2.05) is 0 Å². The molecule has 1 aliphatic heterocycles. The molecule has 0 saturated heterocycles. The van der Waals surface area contributed by atoms with Gasteiger partial charge in [-0.2, -0.15) is 18.3 Å². The third-order valence-corrected chi connectivity index (χ3v) is 6.62. The third-order valence-electron chi connectivity index (χ3n) is 6.62. The Labute approximate surface area is 213 Å². The summed E-state index contributed by atoms with van der Waals surface area (Å²) in [5.41, 5.74) is 4.83. The van der Waals surface area contributed by atoms with Crippen molar-refractivity contribution in [1.82, 2.24) is 19.9 Å². The van der Waals surface area contributed by atoms with Gasteiger partial charge < -0.3 is 15.8 Å². The molecule has 12 heteroatoms. The highest BCUT2D eigenvalue weighted by Gasteiger charge is 2.47. The zero-order chi connectivity index (χ0) is 27.2. The number of amides is 2. The second kappa shape index (κ2) is 9.12. The van der Waals surface area contributed by atoms with E-state index >= 15 is 0 Å². The van der Waals surface area contributed by atoms with Crippen LogP contribution < -0.4 is 15.8 Å². The van der Waals surface area contributed by atoms with Crippen LogP contribution in [-0.2, 0) is 10.2 Å². The molecule has 0 bridgehead atoms. The van der Waals surface area contributed by atoms with Crippen molar-refractivity contribution in [3.05, 3.63) is 83.6 Å². The van der Waals surface area contributed by atoms with Gasteiger partial charge in [-0.3, -0.25) is 9.59 Å². The summed E-state index contributed by atoms with van der Waals surface area (Å²) in [7, 11) is 0. The molecule has 0 aliphatic carbocycles. The van der Waals surface area contributed by atoms with Crippen LogP contribution >= 0.6 is 0 Å². The number of carbonyl (C=O) groups is 2. The molecule has 1 aromatic carbocycles. The number of aromatic nitrogens is 3. The second-order valence-electron chi connectivity index (χ2n) is 9.19. The number of nitrogens with one attached hydrogen (secondary N) is 1. The van der Waals surface area contributed by atoms with Gasteiger partial charge in [-0.05, 0) is 55.5 Å². The fourth-order valence-corrected chi connectivity index (χ4v) is 4.32. The lowest BCUT2D eigenvalue weighted by Gasteiger charge is -2.24. The number of nitrogens with two attached hydrogens (primary N) is 1. The predicted molar refractivity (Wildman–Crippen MR) is 128 cm³/mol. The van der Waals surface area contributed by atoms with Crippen LogP contribution in [0.15, 0.2) is 60.9 Å². The van der Waals surface area contributed by atoms with Gasteiger partial charge in [-0.15, -0.1) is 0 Å². The van der Waals surface area contributed by atoms with Crippen molar-refractivity contribution in [1.29, 1.82) is 0 Å². The molecule has 4 aromatic rings. The number of benzene rings is 1. The van der Waals surface area contributed by atoms with E-state index in [-0.39, 0.29) is 34.7 Å². The summed E-state index contributed by atoms with van der Waals surface area (Å²) >= 11 is 0. The molecule has 3 aromatic heterocycles. The Hall–Kier alpha value is -4.48. The number of hydrogen-bond donors (Lipinski definition) is 2. The molecule has 0 fully saturated rings. The Kier molecular flexibility index (Phi) is 6.04. The van der Waals surface area contributed by atoms with Gasteiger partial charge in [-0.25, -0.2) is 13.9 Å². The smallest absolute Gasteiger partial charge is 0.398 e. The van der Waals surface area contributed by atoms with Gasteiger partial charge >= 0.3 is 6.18 Å². The number of ether oxygens (including phenoxy) is 1. The van der Waals surface area contributed by atoms with Crippen molar-refractivity contribution in [2.75, 3.05) is 13.2 Å². The molecule has 1 aliphatic rings. The summed E-state index contributed by atoms with van der Waals surface area (Å²) < 4.78 is 63.7. The van der Waals surface area contributed by atoms with Crippen molar-refractivity contribution in [3.8, 4) is 17.0 Å². The molecule has 0 radical (unpaired) electrons. The average molecular weight is 527 g/mol. The minimum Gasteiger partial charge on any atom is -0.489 e. The number of rotatable bonds is 6. The SMILES string of the molecule is C[C@]1(C(N)=O)COc2c1cc(C(CNC(=O)c1cnn3cccc3c1)C(F)(F)F)nc2-c1ccc(F)cc1. The van der Waals surface area contributed by atoms with Crippen LogP contribution in [0.5, 0.6) is 5.75 Å². The first-order chi connectivity index (χ1) is 18.0. The number of carbonyl (C=O) groups excluding carboxylic acids is 2. The lowest BCUT2D eigenvalue weighted by Crippen LogP contribution is -2.40. The zero-order valence-electron chi connectivity index (χ0n) is 19.9. The van der Waals surface area contributed by atoms with E-state index in [0.29, 0.717) is 5.52 Å². The van der Waals surface area contributed by atoms with Crippen molar-refractivity contribution in [2.24, 2.45) is 5.73 Å². The zero-order valence-corrected chi connectivity index (χ0v) is 19.9. The fourth-order valence-electron chi connectivity index (χ4n) is 4.32. The first-order valence-corrected chi connectivity index (χ1v) is 11.5. The number of fused-ring (bicyclic) bond motifs is 2. The number of primary amides is 1. The molecule has 38 heavy (non-hydrogen) atoms. The quantitative estimate of drug-likeness (QED) is 0.371. The van der Waals surface area contributed by atoms with Crippen LogP contribution in [0, 0.1) is 5.82 Å². The van der Waals surface area contributed by atoms with Crippen molar-refractivity contribution < 1.29 is 31.9 Å². The van der Waals surface area contributed by atoms with Crippen molar-refractivity contribution in [3.63, 3.8) is 0 Å². The minimum atomic E-state index is -4.82. The summed E-state index contributed by atoms with van der Waals surface area (Å²) in [5.74, 6) is -4.23. The lowest BCUT2D eigenvalue weighted by molar-refractivity contribution is -0.149. The number of hydrogen-bond acceptors (Lipinski definition) is 5. The highest BCUT2D eigenvalue weighted by molar-refractivity contribution is 5.95. The normalized spacial score (nSPS) is 17.6. The topological polar surface area (TPSA) is 112 Å². The molecule has 8 nitrogen and oxygen atoms in total. The third kappa shape index (κ3) is 4.42. The Morgan fingerprint density at radius 1 is 1.21 bits per heavy atom. The van der Waals surface area contributed by atoms with E-state index in [1.54, 1.807) is 18.3 Å². The molecular weight excluding hydrogens is 506 g/mol. The van der Waals surface area contributed by atoms with Gasteiger partial charge in [0.05, 0.1) is 23.0 Å². The first-order valence-electron chi connectivity index (χ1n) is 11.5. The summed E-state index contributed by atoms with van der Waals surface area (Å²) in [5, 5.41) is 6.37. The summed E-state index contributed by atoms with van der Waals surface area (Å²) in [4.78, 5) is 29.2. The van der Waals surface area contributed by atoms with Gasteiger partial charge in [0.1, 0.15) is 35.2 Å². The molecule has 3 N–H and O–H groups in total. The Morgan fingerprint density at radius 2 is 1.95 bits per heavy atom. The molecular formula is C26H21F4N5O3. The Balaban J connectivity index is 1.54. The largest absolute Gasteiger partial charge is 0.489 e. The maximum Gasteiger partial charge on any atom is 0.398 e. The highest BCUT2D eigenvalue weighted by Crippen LogP contribution is 2.46. The van der Waals surface area contributed by atoms with E-state index in [0.717, 1.165) is 18.2 Å². The van der Waals surface area contributed by atoms with Crippen LogP contribution in [0.3, 0.4) is 0 Å². The molecule has 2 atom stereocenters. The van der Waals surface area contributed by atoms with Gasteiger partial charge in [0.15, 0.2) is 0 Å². The first kappa shape index (κ1) is 25.2. The molecule has 0 spiro atoms. The van der Waals surface area contributed by atoms with Gasteiger partial charge in [0, 0.05) is 23.9 Å². The fraction of sp³-hybridized carbons (Fsp3) is 0.231. The van der Waals surface area contributed by atoms with Crippen LogP contribution in [0.1, 0.15) is 34.5 Å². The summed E-state index contributed by atoms with van der Waals surface area (Å²) in [6.07, 6.45) is -1.90. The van der Waals surface area contributed by atoms with E-state index in [9.17, 15) is 27.2 Å². The molecule has 2 amide bonds. The van der Waals surface area contributed by atoms with E-state index in [2.05, 4.69) is 15.4 Å². The molecule has 196 valence electrons. The van der Waals surface area contributed by atoms with Gasteiger partial charge in [0.25, 0.3) is 5.91 Å². The minimum absolute atomic E-state index is 0.00550. The lowest BCUT2D eigenvalue weighted by atomic mass is 9.82. The standard InChI is InChI=1S/C26H21F4N5O3/c1-25(24(31)37)13-38-22-18(25)10-20(34-21(22)14-4-6-16(27)7-5-14)19(26(28,29)30)12-32-23(36)15-9-17-3-2-8-35(17)33-11-15/h2-11,19H,12-13H2,1H3,(H2,31,37)(H,32,36)/t19?,25-/m0/s1. The van der Waals surface area contributed by atoms with Crippen LogP contribution in [0.4, 0.5) is 17.6 Å².